The maximum atomic E-state index is 2.25. The summed E-state index contributed by atoms with van der Waals surface area (Å²) in [5.74, 6) is 0. The smallest absolute Gasteiger partial charge is 0.00961 e. The molecule has 168 valence electrons. The largest absolute Gasteiger partial charge is 0.0603 e. The Balaban J connectivity index is 1.38. The molecule has 5 aromatic carbocycles. The summed E-state index contributed by atoms with van der Waals surface area (Å²) < 4.78 is 0. The van der Waals surface area contributed by atoms with Gasteiger partial charge in [0.1, 0.15) is 0 Å². The second-order valence-electron chi connectivity index (χ2n) is 9.29. The van der Waals surface area contributed by atoms with Crippen LogP contribution in [0, 0.1) is 0 Å². The quantitative estimate of drug-likeness (QED) is 0.205. The molecule has 12 bridgehead atoms. The van der Waals surface area contributed by atoms with Gasteiger partial charge in [-0.25, -0.2) is 0 Å². The standard InChI is InChI=1S/C35H23P/c1-2-34-32-20-16-30(17-21-32)28-12-8-26(9-13-28)24-4-6-25(7-5-24)27-10-14-29(15-11-27)31-18-22-33(23-19-31)35(3-1)36-34/h1-23H. The van der Waals surface area contributed by atoms with Crippen molar-refractivity contribution in [2.24, 2.45) is 0 Å². The van der Waals surface area contributed by atoms with E-state index in [2.05, 4.69) is 140 Å². The predicted molar refractivity (Wildman–Crippen MR) is 155 cm³/mol. The second-order valence-corrected chi connectivity index (χ2v) is 10.5. The number of fused-ring (bicyclic) bond motifs is 1. The molecule has 8 aliphatic heterocycles. The lowest BCUT2D eigenvalue weighted by molar-refractivity contribution is 1.57. The lowest BCUT2D eigenvalue weighted by Gasteiger charge is -2.08. The minimum absolute atomic E-state index is 1.24. The van der Waals surface area contributed by atoms with E-state index < -0.39 is 0 Å². The Morgan fingerprint density at radius 3 is 0.639 bits per heavy atom. The summed E-state index contributed by atoms with van der Waals surface area (Å²) in [6.45, 7) is 0. The van der Waals surface area contributed by atoms with Gasteiger partial charge in [0, 0.05) is 10.6 Å². The molecule has 0 atom stereocenters. The van der Waals surface area contributed by atoms with Gasteiger partial charge < -0.3 is 0 Å². The molecule has 6 aromatic rings. The van der Waals surface area contributed by atoms with Crippen molar-refractivity contribution in [3.63, 3.8) is 0 Å². The van der Waals surface area contributed by atoms with E-state index in [1.807, 2.05) is 0 Å². The summed E-state index contributed by atoms with van der Waals surface area (Å²) in [5.41, 5.74) is 12.4. The van der Waals surface area contributed by atoms with E-state index in [4.69, 9.17) is 0 Å². The second kappa shape index (κ2) is 8.76. The lowest BCUT2D eigenvalue weighted by Crippen LogP contribution is -1.83. The van der Waals surface area contributed by atoms with Gasteiger partial charge in [0.15, 0.2) is 0 Å². The van der Waals surface area contributed by atoms with Crippen molar-refractivity contribution in [2.75, 3.05) is 0 Å². The van der Waals surface area contributed by atoms with Gasteiger partial charge in [0.2, 0.25) is 0 Å². The van der Waals surface area contributed by atoms with Gasteiger partial charge in [-0.15, -0.1) is 0 Å². The molecule has 0 saturated heterocycles. The highest BCUT2D eigenvalue weighted by Crippen LogP contribution is 2.38. The zero-order chi connectivity index (χ0) is 23.9. The third kappa shape index (κ3) is 3.87. The van der Waals surface area contributed by atoms with Gasteiger partial charge >= 0.3 is 0 Å². The van der Waals surface area contributed by atoms with Crippen LogP contribution in [0.3, 0.4) is 0 Å². The van der Waals surface area contributed by atoms with Crippen molar-refractivity contribution in [3.8, 4) is 66.2 Å². The van der Waals surface area contributed by atoms with Crippen LogP contribution in [0.15, 0.2) is 140 Å². The van der Waals surface area contributed by atoms with Crippen molar-refractivity contribution >= 4 is 8.19 Å². The molecular weight excluding hydrogens is 451 g/mol. The number of hydrogen-bond donors (Lipinski definition) is 0. The fraction of sp³-hybridized carbons (Fsp3) is 0. The molecule has 0 amide bonds. The molecule has 9 heterocycles. The first kappa shape index (κ1) is 21.1. The van der Waals surface area contributed by atoms with E-state index in [1.165, 1.54) is 74.4 Å². The van der Waals surface area contributed by atoms with Gasteiger partial charge in [0.05, 0.1) is 0 Å². The summed E-state index contributed by atoms with van der Waals surface area (Å²) in [6.07, 6.45) is 0. The minimum atomic E-state index is 1.24. The topological polar surface area (TPSA) is 0 Å². The third-order valence-electron chi connectivity index (χ3n) is 7.10. The van der Waals surface area contributed by atoms with Gasteiger partial charge in [-0.2, -0.15) is 0 Å². The van der Waals surface area contributed by atoms with Crippen molar-refractivity contribution < 1.29 is 0 Å². The van der Waals surface area contributed by atoms with Crippen LogP contribution in [0.2, 0.25) is 0 Å². The Bertz CT molecular complexity index is 1530. The van der Waals surface area contributed by atoms with E-state index in [0.29, 0.717) is 0 Å². The van der Waals surface area contributed by atoms with Crippen LogP contribution in [0.4, 0.5) is 0 Å². The average molecular weight is 475 g/mol. The van der Waals surface area contributed by atoms with Crippen LogP contribution in [0.1, 0.15) is 0 Å². The Morgan fingerprint density at radius 2 is 0.417 bits per heavy atom. The molecule has 0 radical (unpaired) electrons. The zero-order valence-electron chi connectivity index (χ0n) is 19.7. The molecule has 0 N–H and O–H groups in total. The van der Waals surface area contributed by atoms with Crippen molar-refractivity contribution in [1.29, 1.82) is 0 Å². The Hall–Kier alpha value is -4.25. The maximum absolute atomic E-state index is 2.25. The molecule has 0 saturated carbocycles. The molecule has 8 aliphatic rings. The Morgan fingerprint density at radius 1 is 0.222 bits per heavy atom. The van der Waals surface area contributed by atoms with Crippen molar-refractivity contribution in [3.05, 3.63) is 140 Å². The van der Waals surface area contributed by atoms with Crippen molar-refractivity contribution in [2.45, 2.75) is 0 Å². The van der Waals surface area contributed by atoms with Crippen LogP contribution < -0.4 is 0 Å². The van der Waals surface area contributed by atoms with Gasteiger partial charge in [-0.3, -0.25) is 0 Å². The van der Waals surface area contributed by atoms with Crippen LogP contribution >= 0.6 is 8.19 Å². The van der Waals surface area contributed by atoms with E-state index in [-0.39, 0.29) is 0 Å². The summed E-state index contributed by atoms with van der Waals surface area (Å²) in [4.78, 5) is 0. The van der Waals surface area contributed by atoms with Crippen LogP contribution in [-0.4, -0.2) is 0 Å². The van der Waals surface area contributed by atoms with E-state index in [9.17, 15) is 0 Å². The van der Waals surface area contributed by atoms with E-state index >= 15 is 0 Å². The monoisotopic (exact) mass is 474 g/mol. The normalized spacial score (nSPS) is 11.3. The molecule has 0 aliphatic carbocycles. The predicted octanol–water partition coefficient (Wildman–Crippen LogP) is 10.6. The average Bonchev–Trinajstić information content (AvgIpc) is 2.97. The first-order valence-corrected chi connectivity index (χ1v) is 13.2. The maximum Gasteiger partial charge on any atom is 0.00961 e. The van der Waals surface area contributed by atoms with Crippen LogP contribution in [0.5, 0.6) is 0 Å². The number of hydrogen-bond acceptors (Lipinski definition) is 0. The molecule has 0 unspecified atom stereocenters. The fourth-order valence-electron chi connectivity index (χ4n) is 4.99. The molecule has 14 rings (SSSR count). The van der Waals surface area contributed by atoms with E-state index in [1.54, 1.807) is 0 Å². The highest BCUT2D eigenvalue weighted by atomic mass is 31.0. The molecule has 0 fully saturated rings. The first-order chi connectivity index (χ1) is 17.8. The summed E-state index contributed by atoms with van der Waals surface area (Å²) >= 11 is 0. The van der Waals surface area contributed by atoms with Crippen molar-refractivity contribution in [1.82, 2.24) is 0 Å². The first-order valence-electron chi connectivity index (χ1n) is 12.3. The summed E-state index contributed by atoms with van der Waals surface area (Å²) in [7, 11) is 1.24. The Labute approximate surface area is 213 Å². The zero-order valence-corrected chi connectivity index (χ0v) is 20.6. The van der Waals surface area contributed by atoms with Gasteiger partial charge in [-0.05, 0) is 67.8 Å². The van der Waals surface area contributed by atoms with Crippen LogP contribution in [-0.2, 0) is 0 Å². The van der Waals surface area contributed by atoms with Gasteiger partial charge in [0.25, 0.3) is 0 Å². The molecule has 0 nitrogen and oxygen atoms in total. The summed E-state index contributed by atoms with van der Waals surface area (Å²) in [6, 6.07) is 51.3. The third-order valence-corrected chi connectivity index (χ3v) is 8.39. The molecular formula is C35H23P. The molecule has 1 heteroatoms. The highest BCUT2D eigenvalue weighted by molar-refractivity contribution is 7.37. The molecule has 1 aromatic heterocycles. The number of rotatable bonds is 0. The number of benzene rings is 5. The van der Waals surface area contributed by atoms with E-state index in [0.717, 1.165) is 0 Å². The minimum Gasteiger partial charge on any atom is -0.0603 e. The molecule has 36 heavy (non-hydrogen) atoms. The fourth-order valence-corrected chi connectivity index (χ4v) is 6.13. The summed E-state index contributed by atoms with van der Waals surface area (Å²) in [5, 5.41) is 2.66. The SMILES string of the molecule is c1cc2pc(c1)-c1ccc(cc1)-c1ccc(cc1)-c1ccc(cc1)-c1ccc(cc1)-c1ccc-2cc1. The molecule has 0 spiro atoms. The van der Waals surface area contributed by atoms with Gasteiger partial charge in [-0.1, -0.05) is 136 Å². The highest BCUT2D eigenvalue weighted by Gasteiger charge is 2.07. The Kier molecular flexibility index (Phi) is 5.12. The van der Waals surface area contributed by atoms with Crippen LogP contribution in [0.25, 0.3) is 66.2 Å². The lowest BCUT2D eigenvalue weighted by atomic mass is 9.96.